The number of anilines is 4. The lowest BCUT2D eigenvalue weighted by molar-refractivity contribution is -0.165. The number of hydrogen-bond acceptors (Lipinski definition) is 51. The standard InChI is InChI=1S/C15H16ClIN4O5.C15H18ClN5O5.C15H19N5O6.C10H12IN5O4.C10H13N5O5.C5H11NO2.C4H6O3.CH2I2.5CH4.Cl3OP.H4N2/c2*1-4-8-10(24-6(2)22)11(25-7(3)23)14(26-8)21-5-18-9-12(16)19-15(17)20-13(9)21;1-4-8-10(24-6(2)21)11(25-7(3)22)14(26-8)20-5-17-9-12(20)18-15(16)19-13(9)23;11-10-14-7(12)4-8(15-10)16(2-13-4)9-6(19)5(18)3(1-17)20-9;11-10-13-7-4(8(19)14-10)12-2-15(7)9-6(18)5(17)3(1-16)20-9;1-2-3-4-5-8-6-7;1-3(5)7-4(2)6;2-1-3;;;;;;1-5(2,3)4;1-2/h5,8,10-11,14H,4H2,1-3H3;5,8,10-11,14H,4H2,1-3H3,(H2,17,19,20);5,8,10-11,14H,4H2,1-3H3,(H3,16,18,19,23);2-3,5-6,9,17-19H,1H2,(H2,12,14,15);2-3,5-6,9,16-18H,1H2,(H3,11,13,14,19);2-5H2,1H3;1-2H3;1H2;5*1H4;;1-2H2/t3*8-,10-,11-,14?;2*3-,5-,6-,9?;;;;;;;;;;/m11111........../s1. The van der Waals surface area contributed by atoms with E-state index >= 15 is 0 Å². The molecule has 5 aliphatic rings. The minimum atomic E-state index is -3.22. The van der Waals surface area contributed by atoms with Crippen LogP contribution in [0.3, 0.4) is 0 Å². The number of H-pyrrole nitrogens is 2. The molecule has 5 saturated heterocycles. The van der Waals surface area contributed by atoms with Crippen LogP contribution in [0.25, 0.3) is 55.8 Å². The van der Waals surface area contributed by atoms with Gasteiger partial charge in [-0.25, -0.2) is 44.9 Å². The Morgan fingerprint density at radius 2 is 0.703 bits per heavy atom. The summed E-state index contributed by atoms with van der Waals surface area (Å²) in [6.45, 7) is 17.3. The number of aliphatic hydroxyl groups excluding tert-OH is 6. The zero-order valence-electron chi connectivity index (χ0n) is 77.2. The maximum Gasteiger partial charge on any atom is 0.339 e. The summed E-state index contributed by atoms with van der Waals surface area (Å²) in [7, 11) is 0. The number of unbranched alkanes of at least 4 members (excludes halogenated alkanes) is 2. The Labute approximate surface area is 923 Å². The number of alkyl halides is 2. The number of halogens is 9. The summed E-state index contributed by atoms with van der Waals surface area (Å²) < 4.78 is 83.9. The van der Waals surface area contributed by atoms with Crippen LogP contribution in [0.15, 0.2) is 46.6 Å². The van der Waals surface area contributed by atoms with Crippen molar-refractivity contribution >= 4 is 280 Å². The quantitative estimate of drug-likeness (QED) is 0.00264. The second kappa shape index (κ2) is 64.7. The number of carbonyl (C=O) groups excluding carboxylic acids is 8. The third kappa shape index (κ3) is 37.8. The van der Waals surface area contributed by atoms with Crippen molar-refractivity contribution in [2.45, 2.75) is 281 Å². The van der Waals surface area contributed by atoms with E-state index in [1.165, 1.54) is 103 Å². The first-order valence-corrected chi connectivity index (χ1v) is 52.2. The maximum atomic E-state index is 12.0. The number of imidazole rings is 5. The van der Waals surface area contributed by atoms with Gasteiger partial charge in [-0.1, -0.05) is 146 Å². The van der Waals surface area contributed by atoms with Crippen molar-refractivity contribution in [1.82, 2.24) is 97.6 Å². The number of nitrogen functional groups attached to an aromatic ring is 4. The average molecular weight is 2670 g/mol. The van der Waals surface area contributed by atoms with E-state index in [9.17, 15) is 77.8 Å². The number of hydrogen-bond donors (Lipinski definition) is 14. The van der Waals surface area contributed by atoms with Gasteiger partial charge in [0.15, 0.2) is 136 Å². The van der Waals surface area contributed by atoms with E-state index < -0.39 is 200 Å². The number of aromatic nitrogens is 20. The van der Waals surface area contributed by atoms with Crippen LogP contribution in [0.5, 0.6) is 0 Å². The Balaban J connectivity index is 0.000000868. The van der Waals surface area contributed by atoms with Crippen molar-refractivity contribution in [2.75, 3.05) is 45.2 Å². The fourth-order valence-electron chi connectivity index (χ4n) is 14.1. The van der Waals surface area contributed by atoms with Crippen LogP contribution in [0.4, 0.5) is 23.7 Å². The molecule has 0 bridgehead atoms. The fourth-order valence-corrected chi connectivity index (χ4v) is 15.6. The van der Waals surface area contributed by atoms with Gasteiger partial charge in [0.05, 0.1) is 47.3 Å². The molecular formula is C80H121Cl5I4N27O31P. The number of nitrogens with one attached hydrogen (secondary N) is 2. The SMILES string of the molecule is C.C.C.C.C.CC(=O)OC(C)=O.CCCCCON=O.CC[C@H]1OC(n2cnc3c(=O)[nH]c(N)nc32)[C@H](OC(C)=O)[C@@H]1OC(C)=O.CC[C@H]1OC(n2cnc3c(Cl)nc(I)nc32)[C@H](OC(C)=O)[C@@H]1OC(C)=O.CC[C@H]1OC(n2cnc3c(Cl)nc(N)nc32)[C@H](OC(C)=O)[C@@H]1OC(C)=O.ICI.NN.Nc1nc(I)nc2c1ncn2C1O[C@H](CO)[C@@H](O)[C@H]1O.Nc1nc2c(ncn2C2O[C@H](CO)[C@@H](O)[C@H]2O)c(=O)[nH]1.O=P(Cl)(Cl)Cl. The summed E-state index contributed by atoms with van der Waals surface area (Å²) in [6.07, 6.45) is -5.71. The summed E-state index contributed by atoms with van der Waals surface area (Å²) in [5.41, 5.74) is 24.2. The minimum Gasteiger partial charge on any atom is -0.456 e. The van der Waals surface area contributed by atoms with E-state index in [0.29, 0.717) is 67.0 Å². The Morgan fingerprint density at radius 3 is 0.993 bits per heavy atom. The van der Waals surface area contributed by atoms with Crippen LogP contribution < -0.4 is 45.7 Å². The third-order valence-corrected chi connectivity index (χ3v) is 21.0. The number of hydrazine groups is 1. The molecule has 0 amide bonds. The summed E-state index contributed by atoms with van der Waals surface area (Å²) in [6, 6.07) is 0. The molecule has 15 rings (SSSR count). The lowest BCUT2D eigenvalue weighted by Crippen LogP contribution is -2.38. The largest absolute Gasteiger partial charge is 0.456 e. The molecule has 0 spiro atoms. The van der Waals surface area contributed by atoms with Crippen LogP contribution in [0.2, 0.25) is 10.3 Å². The molecule has 58 nitrogen and oxygen atoms in total. The summed E-state index contributed by atoms with van der Waals surface area (Å²) in [5.74, 6) is 3.77. The van der Waals surface area contributed by atoms with E-state index in [2.05, 4.69) is 187 Å². The number of aliphatic hydroxyl groups is 6. The molecule has 20 atom stereocenters. The number of rotatable bonds is 21. The number of nitrogens with zero attached hydrogens (tertiary/aromatic N) is 19. The molecule has 148 heavy (non-hydrogen) atoms. The average Bonchev–Trinajstić information content (AvgIpc) is 1.50. The Hall–Kier alpha value is -9.01. The van der Waals surface area contributed by atoms with Gasteiger partial charge in [-0.05, 0) is 59.4 Å². The highest BCUT2D eigenvalue weighted by Crippen LogP contribution is 2.61. The molecule has 0 saturated carbocycles. The monoisotopic (exact) mass is 2670 g/mol. The van der Waals surface area contributed by atoms with E-state index in [4.69, 9.17) is 108 Å². The van der Waals surface area contributed by atoms with Crippen molar-refractivity contribution in [3.8, 4) is 0 Å². The van der Waals surface area contributed by atoms with Crippen molar-refractivity contribution in [3.63, 3.8) is 0 Å². The fraction of sp³-hybridized carbons (Fsp3) is 0.588. The summed E-state index contributed by atoms with van der Waals surface area (Å²) in [5, 5.41) is 57.0. The van der Waals surface area contributed by atoms with Gasteiger partial charge in [0.1, 0.15) is 78.1 Å². The Morgan fingerprint density at radius 1 is 0.426 bits per heavy atom. The van der Waals surface area contributed by atoms with Crippen LogP contribution in [-0.4, -0.2) is 290 Å². The van der Waals surface area contributed by atoms with Crippen LogP contribution in [0, 0.1) is 12.6 Å². The molecule has 10 aromatic heterocycles. The van der Waals surface area contributed by atoms with Gasteiger partial charge >= 0.3 is 53.0 Å². The van der Waals surface area contributed by atoms with E-state index in [1.807, 2.05) is 66.0 Å². The molecule has 20 N–H and O–H groups in total. The molecular weight excluding hydrogens is 2550 g/mol. The Bertz CT molecular complexity index is 6020. The number of aromatic amines is 2. The lowest BCUT2D eigenvalue weighted by atomic mass is 10.1. The lowest BCUT2D eigenvalue weighted by Gasteiger charge is -2.23. The van der Waals surface area contributed by atoms with Gasteiger partial charge in [0.2, 0.25) is 17.8 Å². The summed E-state index contributed by atoms with van der Waals surface area (Å²) >= 11 is 34.4. The first kappa shape index (κ1) is 137. The van der Waals surface area contributed by atoms with Gasteiger partial charge in [-0.3, -0.25) is 97.0 Å². The molecule has 0 aromatic carbocycles. The molecule has 0 radical (unpaired) electrons. The van der Waals surface area contributed by atoms with Crippen molar-refractivity contribution < 1.29 is 135 Å². The van der Waals surface area contributed by atoms with Crippen molar-refractivity contribution in [1.29, 1.82) is 0 Å². The molecule has 68 heteroatoms. The van der Waals surface area contributed by atoms with E-state index in [1.54, 1.807) is 9.13 Å². The number of nitrogens with two attached hydrogens (primary N) is 6. The molecule has 15 heterocycles. The van der Waals surface area contributed by atoms with Gasteiger partial charge in [0.25, 0.3) is 11.1 Å². The number of ether oxygens (including phenoxy) is 12. The highest BCUT2D eigenvalue weighted by Gasteiger charge is 2.54. The minimum absolute atomic E-state index is 0. The van der Waals surface area contributed by atoms with Crippen molar-refractivity contribution in [2.24, 2.45) is 17.0 Å². The van der Waals surface area contributed by atoms with Gasteiger partial charge in [-0.15, -0.1) is 4.91 Å². The summed E-state index contributed by atoms with van der Waals surface area (Å²) in [4.78, 5) is 184. The predicted octanol–water partition coefficient (Wildman–Crippen LogP) is 7.89. The molecule has 10 aromatic rings. The van der Waals surface area contributed by atoms with Crippen LogP contribution in [0.1, 0.15) is 190 Å². The zero-order chi connectivity index (χ0) is 107. The third-order valence-electron chi connectivity index (χ3n) is 19.5. The van der Waals surface area contributed by atoms with Crippen LogP contribution in [-0.2, 0) is 105 Å². The number of carbonyl (C=O) groups is 8. The molecule has 0 aliphatic carbocycles. The molecule has 830 valence electrons. The number of esters is 8. The first-order chi connectivity index (χ1) is 67.4. The van der Waals surface area contributed by atoms with E-state index in [0.717, 1.165) is 19.3 Å². The molecule has 5 unspecified atom stereocenters. The van der Waals surface area contributed by atoms with Gasteiger partial charge < -0.3 is 115 Å². The highest BCUT2D eigenvalue weighted by atomic mass is 127. The molecule has 5 fully saturated rings. The predicted molar refractivity (Wildman–Crippen MR) is 571 cm³/mol. The number of fused-ring (bicyclic) bond motifs is 5. The maximum absolute atomic E-state index is 12.0. The second-order valence-electron chi connectivity index (χ2n) is 29.6. The second-order valence-corrected chi connectivity index (χ2v) is 43.3. The molecule has 5 aliphatic heterocycles. The highest BCUT2D eigenvalue weighted by molar-refractivity contribution is 14.2. The van der Waals surface area contributed by atoms with E-state index in [-0.39, 0.29) is 93.4 Å². The van der Waals surface area contributed by atoms with Crippen LogP contribution >= 0.6 is 152 Å². The normalized spacial score (nSPS) is 22.9. The first-order valence-electron chi connectivity index (χ1n) is 41.8. The zero-order valence-corrected chi connectivity index (χ0v) is 90.5. The Kier molecular flexibility index (Phi) is 59.9. The topological polar surface area (TPSA) is 838 Å². The van der Waals surface area contributed by atoms with Gasteiger partial charge in [-0.2, -0.15) is 19.9 Å². The van der Waals surface area contributed by atoms with Gasteiger partial charge in [0, 0.05) is 101 Å². The smallest absolute Gasteiger partial charge is 0.339 e. The van der Waals surface area contributed by atoms with Crippen molar-refractivity contribution in [3.05, 3.63) is 75.2 Å².